The van der Waals surface area contributed by atoms with E-state index in [-0.39, 0.29) is 11.9 Å². The summed E-state index contributed by atoms with van der Waals surface area (Å²) in [6.07, 6.45) is 2.54. The molecule has 0 aromatic heterocycles. The summed E-state index contributed by atoms with van der Waals surface area (Å²) in [5.74, 6) is -0.496. The molecule has 5 heteroatoms. The molecule has 1 rings (SSSR count). The van der Waals surface area contributed by atoms with Crippen LogP contribution in [0.2, 0.25) is 0 Å². The van der Waals surface area contributed by atoms with E-state index in [0.717, 1.165) is 11.1 Å². The van der Waals surface area contributed by atoms with Gasteiger partial charge in [0, 0.05) is 24.5 Å². The fourth-order valence-electron chi connectivity index (χ4n) is 2.21. The van der Waals surface area contributed by atoms with Crippen LogP contribution < -0.4 is 4.74 Å². The van der Waals surface area contributed by atoms with Crippen molar-refractivity contribution in [3.05, 3.63) is 41.5 Å². The summed E-state index contributed by atoms with van der Waals surface area (Å²) in [5, 5.41) is 0. The lowest BCUT2D eigenvalue weighted by molar-refractivity contribution is -0.146. The van der Waals surface area contributed by atoms with Crippen LogP contribution in [-0.2, 0) is 19.1 Å². The van der Waals surface area contributed by atoms with E-state index in [1.807, 2.05) is 25.1 Å². The molecule has 0 unspecified atom stereocenters. The maximum Gasteiger partial charge on any atom is 0.330 e. The Morgan fingerprint density at radius 2 is 1.91 bits per heavy atom. The molecule has 0 saturated heterocycles. The van der Waals surface area contributed by atoms with Crippen LogP contribution in [0.3, 0.4) is 0 Å². The zero-order valence-electron chi connectivity index (χ0n) is 13.6. The fourth-order valence-corrected chi connectivity index (χ4v) is 2.21. The highest BCUT2D eigenvalue weighted by Crippen LogP contribution is 2.32. The summed E-state index contributed by atoms with van der Waals surface area (Å²) in [5.41, 5.74) is 1.89. The van der Waals surface area contributed by atoms with Crippen molar-refractivity contribution in [1.29, 1.82) is 0 Å². The summed E-state index contributed by atoms with van der Waals surface area (Å²) in [6.45, 7) is 5.08. The number of carbonyl (C=O) groups excluding carboxylic acids is 2. The van der Waals surface area contributed by atoms with E-state index in [1.54, 1.807) is 20.1 Å². The summed E-state index contributed by atoms with van der Waals surface area (Å²) < 4.78 is 15.3. The third kappa shape index (κ3) is 4.91. The van der Waals surface area contributed by atoms with E-state index in [0.29, 0.717) is 5.75 Å². The number of hydrogen-bond donors (Lipinski definition) is 0. The van der Waals surface area contributed by atoms with Crippen molar-refractivity contribution in [3.8, 4) is 5.75 Å². The minimum absolute atomic E-state index is 0.321. The molecule has 0 saturated carbocycles. The summed E-state index contributed by atoms with van der Waals surface area (Å²) in [6, 6.07) is 5.73. The minimum atomic E-state index is -0.466. The molecule has 5 nitrogen and oxygen atoms in total. The summed E-state index contributed by atoms with van der Waals surface area (Å²) >= 11 is 0. The van der Waals surface area contributed by atoms with Gasteiger partial charge in [-0.25, -0.2) is 4.79 Å². The maximum absolute atomic E-state index is 11.4. The van der Waals surface area contributed by atoms with Crippen molar-refractivity contribution in [1.82, 2.24) is 0 Å². The van der Waals surface area contributed by atoms with E-state index in [4.69, 9.17) is 9.47 Å². The normalized spacial score (nSPS) is 13.5. The van der Waals surface area contributed by atoms with Crippen LogP contribution in [0.15, 0.2) is 30.4 Å². The summed E-state index contributed by atoms with van der Waals surface area (Å²) in [4.78, 5) is 22.6. The van der Waals surface area contributed by atoms with Crippen LogP contribution in [0.5, 0.6) is 5.75 Å². The number of methoxy groups -OCH3 is 2. The molecule has 0 aliphatic heterocycles. The standard InChI is InChI=1S/C17H22O5/c1-11-6-8-16(20-4)15(10-11)14(7-9-17(19)21-5)12(2)22-13(3)18/h6-10,12,14H,1-5H3/b9-7+/t12-,14+/m0/s1. The molecule has 1 aromatic carbocycles. The highest BCUT2D eigenvalue weighted by molar-refractivity contribution is 5.82. The molecule has 0 heterocycles. The Hall–Kier alpha value is -2.30. The van der Waals surface area contributed by atoms with Gasteiger partial charge in [0.25, 0.3) is 0 Å². The molecule has 0 bridgehead atoms. The Kier molecular flexibility index (Phi) is 6.63. The lowest BCUT2D eigenvalue weighted by Crippen LogP contribution is -2.21. The quantitative estimate of drug-likeness (QED) is 0.597. The van der Waals surface area contributed by atoms with E-state index in [2.05, 4.69) is 4.74 Å². The zero-order valence-corrected chi connectivity index (χ0v) is 13.6. The number of aryl methyl sites for hydroxylation is 1. The van der Waals surface area contributed by atoms with Crippen molar-refractivity contribution in [3.63, 3.8) is 0 Å². The number of benzene rings is 1. The van der Waals surface area contributed by atoms with Crippen molar-refractivity contribution in [2.24, 2.45) is 0 Å². The molecule has 120 valence electrons. The van der Waals surface area contributed by atoms with Crippen molar-refractivity contribution < 1.29 is 23.8 Å². The Morgan fingerprint density at radius 1 is 1.23 bits per heavy atom. The largest absolute Gasteiger partial charge is 0.496 e. The van der Waals surface area contributed by atoms with Gasteiger partial charge in [-0.2, -0.15) is 0 Å². The highest BCUT2D eigenvalue weighted by Gasteiger charge is 2.23. The van der Waals surface area contributed by atoms with Crippen LogP contribution in [0.25, 0.3) is 0 Å². The lowest BCUT2D eigenvalue weighted by atomic mass is 9.91. The van der Waals surface area contributed by atoms with Crippen molar-refractivity contribution >= 4 is 11.9 Å². The first-order valence-corrected chi connectivity index (χ1v) is 6.97. The van der Waals surface area contributed by atoms with Gasteiger partial charge in [-0.05, 0) is 19.9 Å². The van der Waals surface area contributed by atoms with E-state index in [9.17, 15) is 9.59 Å². The minimum Gasteiger partial charge on any atom is -0.496 e. The van der Waals surface area contributed by atoms with Gasteiger partial charge in [-0.3, -0.25) is 4.79 Å². The molecule has 0 aliphatic carbocycles. The first kappa shape index (κ1) is 17.8. The Labute approximate surface area is 130 Å². The van der Waals surface area contributed by atoms with Crippen LogP contribution in [0.4, 0.5) is 0 Å². The van der Waals surface area contributed by atoms with Crippen LogP contribution in [0, 0.1) is 6.92 Å². The fraction of sp³-hybridized carbons (Fsp3) is 0.412. The molecule has 0 spiro atoms. The number of esters is 2. The molecule has 2 atom stereocenters. The van der Waals surface area contributed by atoms with E-state index in [1.165, 1.54) is 20.1 Å². The number of hydrogen-bond acceptors (Lipinski definition) is 5. The Bertz CT molecular complexity index is 562. The molecule has 0 radical (unpaired) electrons. The van der Waals surface area contributed by atoms with Gasteiger partial charge >= 0.3 is 11.9 Å². The second-order valence-electron chi connectivity index (χ2n) is 4.97. The first-order valence-electron chi connectivity index (χ1n) is 6.97. The molecule has 22 heavy (non-hydrogen) atoms. The third-order valence-corrected chi connectivity index (χ3v) is 3.24. The smallest absolute Gasteiger partial charge is 0.330 e. The van der Waals surface area contributed by atoms with Gasteiger partial charge in [0.2, 0.25) is 0 Å². The molecule has 0 amide bonds. The number of carbonyl (C=O) groups is 2. The average molecular weight is 306 g/mol. The molecule has 0 N–H and O–H groups in total. The highest BCUT2D eigenvalue weighted by atomic mass is 16.5. The lowest BCUT2D eigenvalue weighted by Gasteiger charge is -2.23. The van der Waals surface area contributed by atoms with Gasteiger partial charge in [0.1, 0.15) is 11.9 Å². The average Bonchev–Trinajstić information content (AvgIpc) is 2.46. The van der Waals surface area contributed by atoms with Crippen LogP contribution in [0.1, 0.15) is 30.9 Å². The van der Waals surface area contributed by atoms with Crippen LogP contribution in [-0.4, -0.2) is 32.3 Å². The maximum atomic E-state index is 11.4. The molecule has 0 aliphatic rings. The summed E-state index contributed by atoms with van der Waals surface area (Å²) in [7, 11) is 2.89. The second-order valence-corrected chi connectivity index (χ2v) is 4.97. The predicted molar refractivity (Wildman–Crippen MR) is 82.9 cm³/mol. The molecular formula is C17H22O5. The molecular weight excluding hydrogens is 284 g/mol. The Morgan fingerprint density at radius 3 is 2.45 bits per heavy atom. The van der Waals surface area contributed by atoms with Gasteiger partial charge in [-0.1, -0.05) is 23.8 Å². The second kappa shape index (κ2) is 8.22. The monoisotopic (exact) mass is 306 g/mol. The van der Waals surface area contributed by atoms with E-state index < -0.39 is 12.1 Å². The van der Waals surface area contributed by atoms with Gasteiger partial charge in [-0.15, -0.1) is 0 Å². The van der Waals surface area contributed by atoms with E-state index >= 15 is 0 Å². The topological polar surface area (TPSA) is 61.8 Å². The Balaban J connectivity index is 3.24. The molecule has 0 fully saturated rings. The zero-order chi connectivity index (χ0) is 16.7. The SMILES string of the molecule is COC(=O)/C=C/[C@@H](c1cc(C)ccc1OC)[C@H](C)OC(C)=O. The number of rotatable bonds is 6. The molecule has 1 aromatic rings. The van der Waals surface area contributed by atoms with Crippen LogP contribution >= 0.6 is 0 Å². The third-order valence-electron chi connectivity index (χ3n) is 3.24. The van der Waals surface area contributed by atoms with Gasteiger partial charge in [0.15, 0.2) is 0 Å². The van der Waals surface area contributed by atoms with Gasteiger partial charge < -0.3 is 14.2 Å². The predicted octanol–water partition coefficient (Wildman–Crippen LogP) is 2.77. The van der Waals surface area contributed by atoms with Gasteiger partial charge in [0.05, 0.1) is 14.2 Å². The van der Waals surface area contributed by atoms with Crippen molar-refractivity contribution in [2.45, 2.75) is 32.8 Å². The van der Waals surface area contributed by atoms with Crippen molar-refractivity contribution in [2.75, 3.05) is 14.2 Å². The number of ether oxygens (including phenoxy) is 3. The first-order chi connectivity index (χ1) is 10.4.